The van der Waals surface area contributed by atoms with Gasteiger partial charge in [0.1, 0.15) is 0 Å². The minimum Gasteiger partial charge on any atom is -0.378 e. The summed E-state index contributed by atoms with van der Waals surface area (Å²) in [7, 11) is 2.31. The molecule has 0 aliphatic carbocycles. The first-order valence-electron chi connectivity index (χ1n) is 9.06. The number of hydrogen-bond acceptors (Lipinski definition) is 3. The molecular formula is C18H36N2O. The highest BCUT2D eigenvalue weighted by Crippen LogP contribution is 2.30. The normalized spacial score (nSPS) is 36.3. The molecule has 2 saturated heterocycles. The van der Waals surface area contributed by atoms with E-state index in [1.807, 2.05) is 0 Å². The molecule has 0 bridgehead atoms. The largest absolute Gasteiger partial charge is 0.378 e. The Morgan fingerprint density at radius 3 is 2.62 bits per heavy atom. The Balaban J connectivity index is 2.10. The van der Waals surface area contributed by atoms with Crippen molar-refractivity contribution in [3.05, 3.63) is 0 Å². The summed E-state index contributed by atoms with van der Waals surface area (Å²) >= 11 is 0. The van der Waals surface area contributed by atoms with Gasteiger partial charge in [0.15, 0.2) is 0 Å². The van der Waals surface area contributed by atoms with Crippen LogP contribution in [-0.2, 0) is 4.74 Å². The van der Waals surface area contributed by atoms with Crippen molar-refractivity contribution in [1.82, 2.24) is 9.80 Å². The van der Waals surface area contributed by atoms with Crippen molar-refractivity contribution in [3.8, 4) is 0 Å². The van der Waals surface area contributed by atoms with Crippen molar-refractivity contribution in [3.63, 3.8) is 0 Å². The Kier molecular flexibility index (Phi) is 6.51. The summed E-state index contributed by atoms with van der Waals surface area (Å²) in [6.45, 7) is 13.7. The summed E-state index contributed by atoms with van der Waals surface area (Å²) in [6.07, 6.45) is 5.20. The van der Waals surface area contributed by atoms with Crippen LogP contribution in [0.2, 0.25) is 0 Å². The van der Waals surface area contributed by atoms with Crippen LogP contribution >= 0.6 is 0 Å². The molecule has 0 aromatic rings. The van der Waals surface area contributed by atoms with Gasteiger partial charge in [-0.25, -0.2) is 0 Å². The van der Waals surface area contributed by atoms with Gasteiger partial charge in [0.25, 0.3) is 0 Å². The summed E-state index contributed by atoms with van der Waals surface area (Å²) in [5.74, 6) is 1.61. The van der Waals surface area contributed by atoms with Crippen LogP contribution in [0.4, 0.5) is 0 Å². The molecule has 2 aliphatic heterocycles. The molecule has 4 atom stereocenters. The zero-order valence-corrected chi connectivity index (χ0v) is 14.8. The van der Waals surface area contributed by atoms with Gasteiger partial charge in [0.2, 0.25) is 0 Å². The van der Waals surface area contributed by atoms with Gasteiger partial charge < -0.3 is 9.64 Å². The van der Waals surface area contributed by atoms with Crippen LogP contribution in [0.5, 0.6) is 0 Å². The number of morpholine rings is 1. The average molecular weight is 296 g/mol. The van der Waals surface area contributed by atoms with E-state index < -0.39 is 0 Å². The lowest BCUT2D eigenvalue weighted by Gasteiger charge is -2.50. The van der Waals surface area contributed by atoms with Crippen LogP contribution in [0.15, 0.2) is 0 Å². The monoisotopic (exact) mass is 296 g/mol. The molecule has 4 unspecified atom stereocenters. The van der Waals surface area contributed by atoms with E-state index in [-0.39, 0.29) is 0 Å². The summed E-state index contributed by atoms with van der Waals surface area (Å²) < 4.78 is 6.04. The lowest BCUT2D eigenvalue weighted by molar-refractivity contribution is -0.0886. The quantitative estimate of drug-likeness (QED) is 0.774. The molecule has 2 rings (SSSR count). The van der Waals surface area contributed by atoms with Gasteiger partial charge in [-0.05, 0) is 57.7 Å². The predicted octanol–water partition coefficient (Wildman–Crippen LogP) is 3.24. The summed E-state index contributed by atoms with van der Waals surface area (Å²) in [6, 6.07) is 1.89. The predicted molar refractivity (Wildman–Crippen MR) is 89.7 cm³/mol. The lowest BCUT2D eigenvalue weighted by atomic mass is 9.86. The Bertz CT molecular complexity index is 308. The van der Waals surface area contributed by atoms with E-state index in [1.54, 1.807) is 0 Å². The second-order valence-corrected chi connectivity index (χ2v) is 7.80. The van der Waals surface area contributed by atoms with Crippen molar-refractivity contribution in [2.24, 2.45) is 11.8 Å². The highest BCUT2D eigenvalue weighted by molar-refractivity contribution is 4.94. The van der Waals surface area contributed by atoms with Gasteiger partial charge >= 0.3 is 0 Å². The first kappa shape index (κ1) is 17.2. The Morgan fingerprint density at radius 2 is 1.95 bits per heavy atom. The van der Waals surface area contributed by atoms with Gasteiger partial charge in [0.05, 0.1) is 13.2 Å². The summed E-state index contributed by atoms with van der Waals surface area (Å²) in [5, 5.41) is 0. The molecule has 2 heterocycles. The highest BCUT2D eigenvalue weighted by atomic mass is 16.5. The standard InChI is InChI=1S/C18H36N2O/c1-6-8-20-16(10-14(2)3)12-21-13-18(20)17-11-15(4)7-9-19(17)5/h14-18H,6-13H2,1-5H3. The van der Waals surface area contributed by atoms with E-state index in [2.05, 4.69) is 44.5 Å². The van der Waals surface area contributed by atoms with Crippen molar-refractivity contribution in [2.45, 2.75) is 71.5 Å². The summed E-state index contributed by atoms with van der Waals surface area (Å²) in [4.78, 5) is 5.39. The van der Waals surface area contributed by atoms with Gasteiger partial charge in [-0.2, -0.15) is 0 Å². The third-order valence-corrected chi connectivity index (χ3v) is 5.35. The minimum absolute atomic E-state index is 0.593. The van der Waals surface area contributed by atoms with Gasteiger partial charge in [0, 0.05) is 18.1 Å². The molecule has 2 aliphatic rings. The smallest absolute Gasteiger partial charge is 0.0638 e. The molecule has 3 nitrogen and oxygen atoms in total. The molecule has 21 heavy (non-hydrogen) atoms. The second-order valence-electron chi connectivity index (χ2n) is 7.80. The number of hydrogen-bond donors (Lipinski definition) is 0. The Hall–Kier alpha value is -0.120. The van der Waals surface area contributed by atoms with Crippen LogP contribution in [0, 0.1) is 11.8 Å². The number of piperidine rings is 1. The third-order valence-electron chi connectivity index (χ3n) is 5.35. The van der Waals surface area contributed by atoms with E-state index >= 15 is 0 Å². The average Bonchev–Trinajstić information content (AvgIpc) is 2.43. The van der Waals surface area contributed by atoms with E-state index in [0.717, 1.165) is 25.0 Å². The number of nitrogens with zero attached hydrogens (tertiary/aromatic N) is 2. The van der Waals surface area contributed by atoms with Crippen LogP contribution in [0.25, 0.3) is 0 Å². The van der Waals surface area contributed by atoms with Crippen LogP contribution < -0.4 is 0 Å². The zero-order chi connectivity index (χ0) is 15.4. The topological polar surface area (TPSA) is 15.7 Å². The van der Waals surface area contributed by atoms with Crippen molar-refractivity contribution in [1.29, 1.82) is 0 Å². The molecule has 124 valence electrons. The minimum atomic E-state index is 0.593. The van der Waals surface area contributed by atoms with Crippen molar-refractivity contribution in [2.75, 3.05) is 33.4 Å². The van der Waals surface area contributed by atoms with Crippen LogP contribution in [0.3, 0.4) is 0 Å². The Labute approximate surface area is 132 Å². The van der Waals surface area contributed by atoms with Crippen molar-refractivity contribution < 1.29 is 4.74 Å². The van der Waals surface area contributed by atoms with Gasteiger partial charge in [-0.3, -0.25) is 4.90 Å². The molecule has 2 fully saturated rings. The number of ether oxygens (including phenoxy) is 1. The first-order chi connectivity index (χ1) is 10.0. The molecule has 0 spiro atoms. The van der Waals surface area contributed by atoms with Crippen molar-refractivity contribution >= 4 is 0 Å². The van der Waals surface area contributed by atoms with Gasteiger partial charge in [-0.15, -0.1) is 0 Å². The molecule has 0 aromatic heterocycles. The van der Waals surface area contributed by atoms with Gasteiger partial charge in [-0.1, -0.05) is 27.7 Å². The summed E-state index contributed by atoms with van der Waals surface area (Å²) in [5.41, 5.74) is 0. The van der Waals surface area contributed by atoms with E-state index in [4.69, 9.17) is 4.74 Å². The molecule has 0 N–H and O–H groups in total. The number of likely N-dealkylation sites (tertiary alicyclic amines) is 1. The highest BCUT2D eigenvalue weighted by Gasteiger charge is 2.39. The molecule has 0 radical (unpaired) electrons. The fourth-order valence-electron chi connectivity index (χ4n) is 4.22. The zero-order valence-electron chi connectivity index (χ0n) is 14.8. The lowest BCUT2D eigenvalue weighted by Crippen LogP contribution is -2.61. The fourth-order valence-corrected chi connectivity index (χ4v) is 4.22. The van der Waals surface area contributed by atoms with E-state index in [0.29, 0.717) is 18.1 Å². The molecule has 0 aromatic carbocycles. The molecule has 3 heteroatoms. The van der Waals surface area contributed by atoms with Crippen LogP contribution in [-0.4, -0.2) is 61.3 Å². The molecular weight excluding hydrogens is 260 g/mol. The first-order valence-corrected chi connectivity index (χ1v) is 9.06. The fraction of sp³-hybridized carbons (Fsp3) is 1.00. The van der Waals surface area contributed by atoms with E-state index in [1.165, 1.54) is 38.8 Å². The number of rotatable bonds is 5. The Morgan fingerprint density at radius 1 is 1.19 bits per heavy atom. The second kappa shape index (κ2) is 7.94. The van der Waals surface area contributed by atoms with E-state index in [9.17, 15) is 0 Å². The molecule has 0 amide bonds. The number of likely N-dealkylation sites (N-methyl/N-ethyl adjacent to an activating group) is 1. The molecule has 0 saturated carbocycles. The third kappa shape index (κ3) is 4.43. The van der Waals surface area contributed by atoms with Crippen LogP contribution in [0.1, 0.15) is 53.4 Å². The maximum atomic E-state index is 6.04. The maximum Gasteiger partial charge on any atom is 0.0638 e. The maximum absolute atomic E-state index is 6.04. The SMILES string of the molecule is CCCN1C(CC(C)C)COCC1C1CC(C)CCN1C.